The van der Waals surface area contributed by atoms with Crippen molar-refractivity contribution in [2.45, 2.75) is 13.5 Å². The molecule has 0 aliphatic rings. The van der Waals surface area contributed by atoms with Gasteiger partial charge in [0.15, 0.2) is 5.11 Å². The van der Waals surface area contributed by atoms with E-state index in [0.717, 1.165) is 22.3 Å². The molecule has 0 unspecified atom stereocenters. The molecule has 0 aliphatic carbocycles. The highest BCUT2D eigenvalue weighted by Crippen LogP contribution is 2.20. The van der Waals surface area contributed by atoms with Crippen LogP contribution in [0.4, 0.5) is 5.69 Å². The summed E-state index contributed by atoms with van der Waals surface area (Å²) in [6, 6.07) is 16.9. The average molecular weight is 398 g/mol. The molecule has 3 N–H and O–H groups in total. The number of hydrogen-bond donors (Lipinski definition) is 3. The first-order valence-electron chi connectivity index (χ1n) is 9.11. The highest BCUT2D eigenvalue weighted by molar-refractivity contribution is 7.80. The van der Waals surface area contributed by atoms with E-state index in [-0.39, 0.29) is 18.7 Å². The molecule has 1 heterocycles. The Morgan fingerprint density at radius 1 is 1.21 bits per heavy atom. The van der Waals surface area contributed by atoms with Crippen LogP contribution in [-0.4, -0.2) is 39.9 Å². The van der Waals surface area contributed by atoms with E-state index in [1.807, 2.05) is 61.5 Å². The molecule has 0 bridgehead atoms. The van der Waals surface area contributed by atoms with Gasteiger partial charge in [-0.15, -0.1) is 0 Å². The number of rotatable bonds is 7. The first-order valence-corrected chi connectivity index (χ1v) is 9.52. The summed E-state index contributed by atoms with van der Waals surface area (Å²) in [6.45, 7) is 3.02. The minimum absolute atomic E-state index is 0.0728. The van der Waals surface area contributed by atoms with Gasteiger partial charge in [-0.25, -0.2) is 0 Å². The molecular formula is C21H23N3O3S. The molecular weight excluding hydrogens is 374 g/mol. The topological polar surface area (TPSA) is 77.6 Å². The number of benzene rings is 2. The molecule has 0 spiro atoms. The zero-order valence-corrected chi connectivity index (χ0v) is 16.5. The van der Waals surface area contributed by atoms with E-state index < -0.39 is 0 Å². The Morgan fingerprint density at radius 3 is 2.71 bits per heavy atom. The summed E-state index contributed by atoms with van der Waals surface area (Å²) in [6.07, 6.45) is 0. The van der Waals surface area contributed by atoms with E-state index in [2.05, 4.69) is 10.3 Å². The number of hydrogen-bond acceptors (Lipinski definition) is 4. The number of fused-ring (bicyclic) bond motifs is 1. The molecule has 3 rings (SSSR count). The zero-order valence-electron chi connectivity index (χ0n) is 15.6. The SMILES string of the molecule is CCOc1ccc2[nH]c(=O)c(CN(CCO)C(=S)Nc3ccccc3)cc2c1. The van der Waals surface area contributed by atoms with Crippen molar-refractivity contribution in [2.24, 2.45) is 0 Å². The number of aliphatic hydroxyl groups is 1. The smallest absolute Gasteiger partial charge is 0.253 e. The van der Waals surface area contributed by atoms with Crippen LogP contribution in [0.1, 0.15) is 12.5 Å². The van der Waals surface area contributed by atoms with E-state index in [0.29, 0.717) is 23.8 Å². The van der Waals surface area contributed by atoms with Gasteiger partial charge in [0.25, 0.3) is 5.56 Å². The van der Waals surface area contributed by atoms with E-state index in [9.17, 15) is 9.90 Å². The average Bonchev–Trinajstić information content (AvgIpc) is 2.69. The van der Waals surface area contributed by atoms with Crippen molar-refractivity contribution in [3.05, 3.63) is 70.5 Å². The van der Waals surface area contributed by atoms with Crippen LogP contribution < -0.4 is 15.6 Å². The minimum Gasteiger partial charge on any atom is -0.494 e. The maximum atomic E-state index is 12.5. The number of nitrogens with zero attached hydrogens (tertiary/aromatic N) is 1. The highest BCUT2D eigenvalue weighted by atomic mass is 32.1. The van der Waals surface area contributed by atoms with E-state index in [4.69, 9.17) is 17.0 Å². The van der Waals surface area contributed by atoms with Crippen molar-refractivity contribution in [2.75, 3.05) is 25.1 Å². The molecule has 0 amide bonds. The third-order valence-electron chi connectivity index (χ3n) is 4.25. The molecule has 3 aromatic rings. The molecule has 28 heavy (non-hydrogen) atoms. The number of aromatic nitrogens is 1. The lowest BCUT2D eigenvalue weighted by Gasteiger charge is -2.25. The van der Waals surface area contributed by atoms with E-state index in [1.165, 1.54) is 0 Å². The first kappa shape index (κ1) is 19.9. The van der Waals surface area contributed by atoms with E-state index >= 15 is 0 Å². The second-order valence-corrected chi connectivity index (χ2v) is 6.63. The third kappa shape index (κ3) is 4.88. The van der Waals surface area contributed by atoms with Crippen molar-refractivity contribution in [3.63, 3.8) is 0 Å². The Balaban J connectivity index is 1.85. The second kappa shape index (κ2) is 9.34. The molecule has 6 nitrogen and oxygen atoms in total. The summed E-state index contributed by atoms with van der Waals surface area (Å²) in [5, 5.41) is 13.9. The molecule has 0 saturated carbocycles. The van der Waals surface area contributed by atoms with Gasteiger partial charge in [-0.1, -0.05) is 18.2 Å². The molecule has 0 aliphatic heterocycles. The summed E-state index contributed by atoms with van der Waals surface area (Å²) in [5.74, 6) is 0.751. The van der Waals surface area contributed by atoms with Crippen LogP contribution in [0.15, 0.2) is 59.4 Å². The summed E-state index contributed by atoms with van der Waals surface area (Å²) in [7, 11) is 0. The van der Waals surface area contributed by atoms with Crippen molar-refractivity contribution >= 4 is 33.9 Å². The van der Waals surface area contributed by atoms with Crippen LogP contribution >= 0.6 is 12.2 Å². The molecule has 0 saturated heterocycles. The number of ether oxygens (including phenoxy) is 1. The van der Waals surface area contributed by atoms with Gasteiger partial charge < -0.3 is 25.0 Å². The number of aromatic amines is 1. The van der Waals surface area contributed by atoms with Gasteiger partial charge in [0.2, 0.25) is 0 Å². The van der Waals surface area contributed by atoms with Crippen LogP contribution in [-0.2, 0) is 6.54 Å². The van der Waals surface area contributed by atoms with Gasteiger partial charge in [-0.2, -0.15) is 0 Å². The maximum Gasteiger partial charge on any atom is 0.253 e. The fourth-order valence-corrected chi connectivity index (χ4v) is 3.18. The van der Waals surface area contributed by atoms with E-state index in [1.54, 1.807) is 4.90 Å². The largest absolute Gasteiger partial charge is 0.494 e. The van der Waals surface area contributed by atoms with Crippen molar-refractivity contribution < 1.29 is 9.84 Å². The predicted octanol–water partition coefficient (Wildman–Crippen LogP) is 3.12. The predicted molar refractivity (Wildman–Crippen MR) is 116 cm³/mol. The standard InChI is InChI=1S/C21H23N3O3S/c1-2-27-18-8-9-19-15(13-18)12-16(20(26)23-19)14-24(10-11-25)21(28)22-17-6-4-3-5-7-17/h3-9,12-13,25H,2,10-11,14H2,1H3,(H,22,28)(H,23,26). The molecule has 0 radical (unpaired) electrons. The number of pyridine rings is 1. The first-order chi connectivity index (χ1) is 13.6. The summed E-state index contributed by atoms with van der Waals surface area (Å²) < 4.78 is 5.54. The maximum absolute atomic E-state index is 12.5. The van der Waals surface area contributed by atoms with Crippen LogP contribution in [0.25, 0.3) is 10.9 Å². The fraction of sp³-hybridized carbons (Fsp3) is 0.238. The number of anilines is 1. The van der Waals surface area contributed by atoms with Gasteiger partial charge in [-0.05, 0) is 55.5 Å². The molecule has 2 aromatic carbocycles. The molecule has 146 valence electrons. The Kier molecular flexibility index (Phi) is 6.62. The minimum atomic E-state index is -0.179. The normalized spacial score (nSPS) is 10.6. The van der Waals surface area contributed by atoms with Crippen molar-refractivity contribution in [1.29, 1.82) is 0 Å². The van der Waals surface area contributed by atoms with Gasteiger partial charge in [0.1, 0.15) is 5.75 Å². The quantitative estimate of drug-likeness (QED) is 0.532. The summed E-state index contributed by atoms with van der Waals surface area (Å²) >= 11 is 5.49. The summed E-state index contributed by atoms with van der Waals surface area (Å²) in [5.41, 5.74) is 1.98. The lowest BCUT2D eigenvalue weighted by atomic mass is 10.1. The highest BCUT2D eigenvalue weighted by Gasteiger charge is 2.13. The summed E-state index contributed by atoms with van der Waals surface area (Å²) in [4.78, 5) is 17.2. The van der Waals surface area contributed by atoms with Gasteiger partial charge in [0, 0.05) is 28.7 Å². The number of thiocarbonyl (C=S) groups is 1. The van der Waals surface area contributed by atoms with Gasteiger partial charge >= 0.3 is 0 Å². The lowest BCUT2D eigenvalue weighted by molar-refractivity contribution is 0.248. The van der Waals surface area contributed by atoms with Crippen molar-refractivity contribution in [3.8, 4) is 5.75 Å². The van der Waals surface area contributed by atoms with Crippen LogP contribution in [0, 0.1) is 0 Å². The van der Waals surface area contributed by atoms with Gasteiger partial charge in [-0.3, -0.25) is 4.79 Å². The molecule has 0 fully saturated rings. The number of nitrogens with one attached hydrogen (secondary N) is 2. The Bertz CT molecular complexity index is 1000. The number of H-pyrrole nitrogens is 1. The van der Waals surface area contributed by atoms with Crippen molar-refractivity contribution in [1.82, 2.24) is 9.88 Å². The number of para-hydroxylation sites is 1. The third-order valence-corrected chi connectivity index (χ3v) is 4.61. The fourth-order valence-electron chi connectivity index (χ4n) is 2.91. The molecule has 7 heteroatoms. The monoisotopic (exact) mass is 397 g/mol. The number of aliphatic hydroxyl groups excluding tert-OH is 1. The Morgan fingerprint density at radius 2 is 2.00 bits per heavy atom. The van der Waals surface area contributed by atoms with Crippen LogP contribution in [0.5, 0.6) is 5.75 Å². The molecule has 0 atom stereocenters. The van der Waals surface area contributed by atoms with Crippen LogP contribution in [0.2, 0.25) is 0 Å². The zero-order chi connectivity index (χ0) is 19.9. The van der Waals surface area contributed by atoms with Gasteiger partial charge in [0.05, 0.1) is 19.8 Å². The van der Waals surface area contributed by atoms with Crippen LogP contribution in [0.3, 0.4) is 0 Å². The molecule has 1 aromatic heterocycles. The Labute approximate surface area is 168 Å². The second-order valence-electron chi connectivity index (χ2n) is 6.25. The lowest BCUT2D eigenvalue weighted by Crippen LogP contribution is -2.37. The Hall–Kier alpha value is -2.90.